The van der Waals surface area contributed by atoms with Crippen LogP contribution in [0.5, 0.6) is 5.75 Å². The highest BCUT2D eigenvalue weighted by atomic mass is 35.5. The van der Waals surface area contributed by atoms with Gasteiger partial charge in [-0.25, -0.2) is 13.4 Å². The van der Waals surface area contributed by atoms with Crippen LogP contribution >= 0.6 is 11.6 Å². The first-order chi connectivity index (χ1) is 14.7. The molecule has 3 rings (SSSR count). The zero-order valence-corrected chi connectivity index (χ0v) is 19.8. The van der Waals surface area contributed by atoms with E-state index in [0.29, 0.717) is 28.9 Å². The van der Waals surface area contributed by atoms with E-state index in [9.17, 15) is 13.2 Å². The van der Waals surface area contributed by atoms with E-state index in [1.165, 1.54) is 6.92 Å². The summed E-state index contributed by atoms with van der Waals surface area (Å²) in [4.78, 5) is 16.9. The first-order valence-corrected chi connectivity index (χ1v) is 12.4. The molecule has 2 heterocycles. The van der Waals surface area contributed by atoms with Crippen molar-refractivity contribution in [2.75, 3.05) is 18.6 Å². The number of rotatable bonds is 9. The number of carbonyl (C=O) groups excluding carboxylic acids is 1. The molecule has 0 bridgehead atoms. The Morgan fingerprint density at radius 3 is 2.61 bits per heavy atom. The fourth-order valence-electron chi connectivity index (χ4n) is 3.50. The molecule has 0 N–H and O–H groups in total. The smallest absolute Gasteiger partial charge is 0.196 e. The Morgan fingerprint density at radius 1 is 1.23 bits per heavy atom. The summed E-state index contributed by atoms with van der Waals surface area (Å²) >= 11 is 6.39. The molecule has 8 heteroatoms. The molecule has 31 heavy (non-hydrogen) atoms. The normalized spacial score (nSPS) is 12.8. The van der Waals surface area contributed by atoms with Gasteiger partial charge in [0.2, 0.25) is 0 Å². The number of benzene rings is 1. The van der Waals surface area contributed by atoms with Crippen LogP contribution in [-0.2, 0) is 16.4 Å². The third-order valence-electron chi connectivity index (χ3n) is 5.53. The molecule has 0 spiro atoms. The zero-order chi connectivity index (χ0) is 22.8. The lowest BCUT2D eigenvalue weighted by Gasteiger charge is -2.15. The maximum absolute atomic E-state index is 12.4. The number of fused-ring (bicyclic) bond motifs is 1. The third kappa shape index (κ3) is 5.10. The second-order valence-corrected chi connectivity index (χ2v) is 10.4. The maximum atomic E-state index is 12.4. The van der Waals surface area contributed by atoms with Gasteiger partial charge in [0.15, 0.2) is 15.6 Å². The van der Waals surface area contributed by atoms with Crippen LogP contribution in [0.15, 0.2) is 36.4 Å². The molecule has 0 saturated carbocycles. The Hall–Kier alpha value is -2.38. The Labute approximate surface area is 188 Å². The van der Waals surface area contributed by atoms with Crippen LogP contribution in [0.3, 0.4) is 0 Å². The van der Waals surface area contributed by atoms with Gasteiger partial charge in [0, 0.05) is 16.8 Å². The number of halogens is 1. The van der Waals surface area contributed by atoms with Crippen LogP contribution in [0.4, 0.5) is 0 Å². The zero-order valence-electron chi connectivity index (χ0n) is 18.2. The van der Waals surface area contributed by atoms with Crippen molar-refractivity contribution in [3.05, 3.63) is 58.5 Å². The van der Waals surface area contributed by atoms with Crippen LogP contribution in [-0.4, -0.2) is 42.4 Å². The van der Waals surface area contributed by atoms with E-state index in [4.69, 9.17) is 16.3 Å². The summed E-state index contributed by atoms with van der Waals surface area (Å²) in [5.41, 5.74) is 2.92. The van der Waals surface area contributed by atoms with E-state index in [-0.39, 0.29) is 11.4 Å². The summed E-state index contributed by atoms with van der Waals surface area (Å²) < 4.78 is 31.2. The van der Waals surface area contributed by atoms with Crippen LogP contribution in [0, 0.1) is 0 Å². The molecule has 0 fully saturated rings. The van der Waals surface area contributed by atoms with Gasteiger partial charge in [-0.05, 0) is 42.7 Å². The van der Waals surface area contributed by atoms with Gasteiger partial charge in [-0.1, -0.05) is 38.4 Å². The maximum Gasteiger partial charge on any atom is 0.196 e. The van der Waals surface area contributed by atoms with Crippen molar-refractivity contribution in [2.24, 2.45) is 0 Å². The quantitative estimate of drug-likeness (QED) is 0.423. The van der Waals surface area contributed by atoms with Crippen molar-refractivity contribution in [1.29, 1.82) is 0 Å². The summed E-state index contributed by atoms with van der Waals surface area (Å²) in [6.45, 7) is 6.26. The van der Waals surface area contributed by atoms with Gasteiger partial charge in [-0.15, -0.1) is 0 Å². The minimum absolute atomic E-state index is 0.0731. The highest BCUT2D eigenvalue weighted by Gasteiger charge is 2.19. The van der Waals surface area contributed by atoms with E-state index in [2.05, 4.69) is 29.5 Å². The fourth-order valence-corrected chi connectivity index (χ4v) is 4.48. The Balaban J connectivity index is 2.03. The largest absolute Gasteiger partial charge is 0.495 e. The van der Waals surface area contributed by atoms with Crippen LogP contribution < -0.4 is 4.74 Å². The van der Waals surface area contributed by atoms with Crippen molar-refractivity contribution >= 4 is 38.1 Å². The van der Waals surface area contributed by atoms with E-state index >= 15 is 0 Å². The monoisotopic (exact) mass is 462 g/mol. The number of nitrogens with zero attached hydrogens (tertiary/aromatic N) is 2. The van der Waals surface area contributed by atoms with Gasteiger partial charge >= 0.3 is 0 Å². The van der Waals surface area contributed by atoms with E-state index in [0.717, 1.165) is 23.0 Å². The molecule has 0 aliphatic heterocycles. The number of Topliss-reactive ketones (excluding diaryl/α,β-unsaturated/α-hetero) is 1. The minimum atomic E-state index is -3.41. The number of hydrogen-bond acceptors (Lipinski definition) is 5. The van der Waals surface area contributed by atoms with Gasteiger partial charge in [-0.3, -0.25) is 4.79 Å². The first kappa shape index (κ1) is 23.3. The molecule has 0 aliphatic rings. The molecule has 1 aromatic carbocycles. The molecule has 166 valence electrons. The molecular weight excluding hydrogens is 436 g/mol. The second kappa shape index (κ2) is 9.40. The molecule has 2 aromatic heterocycles. The third-order valence-corrected chi connectivity index (χ3v) is 7.40. The van der Waals surface area contributed by atoms with Crippen LogP contribution in [0.25, 0.3) is 10.9 Å². The summed E-state index contributed by atoms with van der Waals surface area (Å²) in [5, 5.41) is 1.53. The van der Waals surface area contributed by atoms with Gasteiger partial charge in [0.1, 0.15) is 17.2 Å². The number of carbonyl (C=O) groups is 1. The highest BCUT2D eigenvalue weighted by Crippen LogP contribution is 2.34. The van der Waals surface area contributed by atoms with Gasteiger partial charge in [0.25, 0.3) is 0 Å². The molecule has 1 atom stereocenters. The highest BCUT2D eigenvalue weighted by molar-refractivity contribution is 7.92. The number of pyridine rings is 1. The van der Waals surface area contributed by atoms with Crippen molar-refractivity contribution in [3.63, 3.8) is 0 Å². The first-order valence-electron chi connectivity index (χ1n) is 10.2. The van der Waals surface area contributed by atoms with Gasteiger partial charge < -0.3 is 9.30 Å². The number of aromatic nitrogens is 2. The number of sulfone groups is 1. The molecular formula is C23H27ClN2O4S. The van der Waals surface area contributed by atoms with Crippen molar-refractivity contribution in [3.8, 4) is 5.75 Å². The molecule has 0 saturated heterocycles. The summed E-state index contributed by atoms with van der Waals surface area (Å²) in [6.07, 6.45) is 0.960. The van der Waals surface area contributed by atoms with Crippen molar-refractivity contribution in [1.82, 2.24) is 9.55 Å². The van der Waals surface area contributed by atoms with Crippen molar-refractivity contribution in [2.45, 2.75) is 39.7 Å². The number of ether oxygens (including phenoxy) is 1. The predicted octanol–water partition coefficient (Wildman–Crippen LogP) is 4.88. The summed E-state index contributed by atoms with van der Waals surface area (Å²) in [7, 11) is -1.82. The minimum Gasteiger partial charge on any atom is -0.495 e. The Morgan fingerprint density at radius 2 is 1.97 bits per heavy atom. The Kier molecular flexibility index (Phi) is 7.06. The molecule has 0 amide bonds. The van der Waals surface area contributed by atoms with E-state index in [1.54, 1.807) is 19.2 Å². The Bertz CT molecular complexity index is 1220. The summed E-state index contributed by atoms with van der Waals surface area (Å²) in [6, 6.07) is 11.1. The van der Waals surface area contributed by atoms with Crippen LogP contribution in [0.1, 0.15) is 55.0 Å². The lowest BCUT2D eigenvalue weighted by molar-refractivity contribution is 0.101. The molecule has 0 radical (unpaired) electrons. The topological polar surface area (TPSA) is 78.3 Å². The number of hydrogen-bond donors (Lipinski definition) is 0. The van der Waals surface area contributed by atoms with Crippen molar-refractivity contribution < 1.29 is 17.9 Å². The molecule has 0 aliphatic carbocycles. The van der Waals surface area contributed by atoms with Crippen LogP contribution in [0.2, 0.25) is 5.02 Å². The van der Waals surface area contributed by atoms with Gasteiger partial charge in [0.05, 0.1) is 29.9 Å². The van der Waals surface area contributed by atoms with Gasteiger partial charge in [-0.2, -0.15) is 0 Å². The SMILES string of the molecule is CCC(C)c1cc2cc(OC)c(Cl)cc2n1Cc1cccc(C(=O)CS(=O)(=O)CC)n1. The standard InChI is InChI=1S/C23H27ClN2O4S/c1-5-15(3)20-10-16-11-23(30-4)18(24)12-21(16)26(20)13-17-8-7-9-19(25-17)22(27)14-31(28,29)6-2/h7-12,15H,5-6,13-14H2,1-4H3. The molecule has 1 unspecified atom stereocenters. The summed E-state index contributed by atoms with van der Waals surface area (Å²) in [5.74, 6) is -0.173. The second-order valence-electron chi connectivity index (χ2n) is 7.62. The lowest BCUT2D eigenvalue weighted by atomic mass is 10.0. The lowest BCUT2D eigenvalue weighted by Crippen LogP contribution is -2.19. The number of methoxy groups -OCH3 is 1. The average molecular weight is 463 g/mol. The fraction of sp³-hybridized carbons (Fsp3) is 0.391. The van der Waals surface area contributed by atoms with E-state index < -0.39 is 21.4 Å². The number of ketones is 1. The predicted molar refractivity (Wildman–Crippen MR) is 124 cm³/mol. The van der Waals surface area contributed by atoms with E-state index in [1.807, 2.05) is 18.2 Å². The molecule has 6 nitrogen and oxygen atoms in total. The molecule has 3 aromatic rings. The average Bonchev–Trinajstić information content (AvgIpc) is 3.09.